The minimum Gasteiger partial charge on any atom is -0.495 e. The third kappa shape index (κ3) is 1.42. The molecule has 0 radical (unpaired) electrons. The first kappa shape index (κ1) is 9.21. The van der Waals surface area contributed by atoms with Crippen LogP contribution in [0.1, 0.15) is 0 Å². The number of rotatable bonds is 1. The molecule has 0 saturated heterocycles. The summed E-state index contributed by atoms with van der Waals surface area (Å²) < 4.78 is 20.5. The molecule has 0 bridgehead atoms. The molecule has 68 valence electrons. The highest BCUT2D eigenvalue weighted by Crippen LogP contribution is 2.36. The number of methoxy groups -OCH3 is 1. The van der Waals surface area contributed by atoms with Crippen LogP contribution in [0.5, 0.6) is 5.75 Å². The zero-order chi connectivity index (χ0) is 9.42. The molecule has 2 aromatic rings. The highest BCUT2D eigenvalue weighted by atomic mass is 127. The van der Waals surface area contributed by atoms with E-state index in [0.29, 0.717) is 11.1 Å². The number of ether oxygens (including phenoxy) is 1. The van der Waals surface area contributed by atoms with E-state index in [1.165, 1.54) is 17.4 Å². The first-order valence-electron chi connectivity index (χ1n) is 3.63. The molecular weight excluding hydrogens is 302 g/mol. The second-order valence-electron chi connectivity index (χ2n) is 2.54. The van der Waals surface area contributed by atoms with Gasteiger partial charge in [0.25, 0.3) is 0 Å². The van der Waals surface area contributed by atoms with Gasteiger partial charge in [-0.15, -0.1) is 11.3 Å². The van der Waals surface area contributed by atoms with Crippen molar-refractivity contribution in [1.82, 2.24) is 0 Å². The predicted molar refractivity (Wildman–Crippen MR) is 61.1 cm³/mol. The number of halogens is 2. The van der Waals surface area contributed by atoms with Crippen molar-refractivity contribution in [2.75, 3.05) is 7.11 Å². The number of hydrogen-bond donors (Lipinski definition) is 0. The lowest BCUT2D eigenvalue weighted by molar-refractivity contribution is 0.419. The van der Waals surface area contributed by atoms with Crippen LogP contribution >= 0.6 is 33.9 Å². The van der Waals surface area contributed by atoms with Gasteiger partial charge in [0.2, 0.25) is 0 Å². The van der Waals surface area contributed by atoms with Gasteiger partial charge in [-0.1, -0.05) is 0 Å². The molecule has 2 rings (SSSR count). The van der Waals surface area contributed by atoms with Crippen molar-refractivity contribution in [3.8, 4) is 5.75 Å². The molecule has 0 aliphatic heterocycles. The molecule has 0 aliphatic carbocycles. The molecule has 1 nitrogen and oxygen atoms in total. The van der Waals surface area contributed by atoms with Crippen LogP contribution in [0.3, 0.4) is 0 Å². The normalized spacial score (nSPS) is 10.7. The van der Waals surface area contributed by atoms with Crippen LogP contribution < -0.4 is 4.74 Å². The van der Waals surface area contributed by atoms with Crippen molar-refractivity contribution >= 4 is 44.0 Å². The topological polar surface area (TPSA) is 9.23 Å². The first-order chi connectivity index (χ1) is 6.24. The fourth-order valence-electron chi connectivity index (χ4n) is 1.20. The second-order valence-corrected chi connectivity index (χ2v) is 4.58. The maximum Gasteiger partial charge on any atom is 0.140 e. The molecule has 1 aromatic heterocycles. The first-order valence-corrected chi connectivity index (χ1v) is 5.59. The summed E-state index contributed by atoms with van der Waals surface area (Å²) in [7, 11) is 1.56. The Labute approximate surface area is 92.7 Å². The average Bonchev–Trinajstić information content (AvgIpc) is 2.56. The quantitative estimate of drug-likeness (QED) is 0.731. The molecular formula is C9H6FIOS. The third-order valence-electron chi connectivity index (χ3n) is 1.81. The SMILES string of the molecule is COc1csc2c(I)ccc(F)c12. The number of thiophene rings is 1. The molecule has 1 aromatic carbocycles. The molecule has 4 heteroatoms. The van der Waals surface area contributed by atoms with E-state index in [2.05, 4.69) is 22.6 Å². The van der Waals surface area contributed by atoms with E-state index in [0.717, 1.165) is 8.27 Å². The zero-order valence-electron chi connectivity index (χ0n) is 6.80. The van der Waals surface area contributed by atoms with Crippen molar-refractivity contribution in [2.45, 2.75) is 0 Å². The molecule has 0 amide bonds. The lowest BCUT2D eigenvalue weighted by Crippen LogP contribution is -1.83. The highest BCUT2D eigenvalue weighted by Gasteiger charge is 2.11. The maximum atomic E-state index is 13.4. The number of benzene rings is 1. The maximum absolute atomic E-state index is 13.4. The van der Waals surface area contributed by atoms with E-state index in [-0.39, 0.29) is 5.82 Å². The van der Waals surface area contributed by atoms with Crippen LogP contribution in [0.2, 0.25) is 0 Å². The van der Waals surface area contributed by atoms with Gasteiger partial charge in [0.15, 0.2) is 0 Å². The third-order valence-corrected chi connectivity index (χ3v) is 4.07. The summed E-state index contributed by atoms with van der Waals surface area (Å²) >= 11 is 3.70. The zero-order valence-corrected chi connectivity index (χ0v) is 9.78. The molecule has 0 fully saturated rings. The van der Waals surface area contributed by atoms with Crippen LogP contribution in [-0.2, 0) is 0 Å². The Morgan fingerprint density at radius 2 is 2.23 bits per heavy atom. The smallest absolute Gasteiger partial charge is 0.140 e. The van der Waals surface area contributed by atoms with E-state index in [4.69, 9.17) is 4.74 Å². The van der Waals surface area contributed by atoms with Crippen molar-refractivity contribution < 1.29 is 9.13 Å². The fraction of sp³-hybridized carbons (Fsp3) is 0.111. The van der Waals surface area contributed by atoms with Crippen molar-refractivity contribution in [3.05, 3.63) is 26.9 Å². The minimum absolute atomic E-state index is 0.214. The lowest BCUT2D eigenvalue weighted by atomic mass is 10.2. The number of fused-ring (bicyclic) bond motifs is 1. The average molecular weight is 308 g/mol. The van der Waals surface area contributed by atoms with Crippen LogP contribution in [0.4, 0.5) is 4.39 Å². The standard InChI is InChI=1S/C9H6FIOS/c1-12-7-4-13-9-6(11)3-2-5(10)8(7)9/h2-4H,1H3. The van der Waals surface area contributed by atoms with Gasteiger partial charge >= 0.3 is 0 Å². The van der Waals surface area contributed by atoms with Gasteiger partial charge in [0.05, 0.1) is 17.2 Å². The van der Waals surface area contributed by atoms with Crippen molar-refractivity contribution in [2.24, 2.45) is 0 Å². The Balaban J connectivity index is 2.87. The summed E-state index contributed by atoms with van der Waals surface area (Å²) in [4.78, 5) is 0. The summed E-state index contributed by atoms with van der Waals surface area (Å²) in [6, 6.07) is 3.24. The minimum atomic E-state index is -0.214. The van der Waals surface area contributed by atoms with Crippen LogP contribution in [0.15, 0.2) is 17.5 Å². The van der Waals surface area contributed by atoms with E-state index < -0.39 is 0 Å². The molecule has 1 heterocycles. The lowest BCUT2D eigenvalue weighted by Gasteiger charge is -1.98. The molecule has 0 aliphatic rings. The Morgan fingerprint density at radius 3 is 2.92 bits per heavy atom. The molecule has 0 N–H and O–H groups in total. The fourth-order valence-corrected chi connectivity index (χ4v) is 2.97. The molecule has 0 unspecified atom stereocenters. The Bertz CT molecular complexity index is 452. The summed E-state index contributed by atoms with van der Waals surface area (Å²) in [6.45, 7) is 0. The van der Waals surface area contributed by atoms with Gasteiger partial charge < -0.3 is 4.74 Å². The van der Waals surface area contributed by atoms with Crippen molar-refractivity contribution in [1.29, 1.82) is 0 Å². The van der Waals surface area contributed by atoms with E-state index in [1.807, 2.05) is 5.38 Å². The van der Waals surface area contributed by atoms with Gasteiger partial charge in [-0.2, -0.15) is 0 Å². The van der Waals surface area contributed by atoms with Crippen LogP contribution in [0.25, 0.3) is 10.1 Å². The summed E-state index contributed by atoms with van der Waals surface area (Å²) in [6.07, 6.45) is 0. The van der Waals surface area contributed by atoms with Crippen molar-refractivity contribution in [3.63, 3.8) is 0 Å². The molecule has 0 saturated carbocycles. The molecule has 13 heavy (non-hydrogen) atoms. The summed E-state index contributed by atoms with van der Waals surface area (Å²) in [5, 5.41) is 2.43. The predicted octanol–water partition coefficient (Wildman–Crippen LogP) is 3.65. The van der Waals surface area contributed by atoms with Gasteiger partial charge in [0.1, 0.15) is 11.6 Å². The van der Waals surface area contributed by atoms with E-state index in [9.17, 15) is 4.39 Å². The summed E-state index contributed by atoms with van der Waals surface area (Å²) in [5.41, 5.74) is 0. The number of hydrogen-bond acceptors (Lipinski definition) is 2. The van der Waals surface area contributed by atoms with Crippen LogP contribution in [-0.4, -0.2) is 7.11 Å². The van der Waals surface area contributed by atoms with Gasteiger partial charge in [-0.25, -0.2) is 4.39 Å². The highest BCUT2D eigenvalue weighted by molar-refractivity contribution is 14.1. The van der Waals surface area contributed by atoms with Gasteiger partial charge in [0, 0.05) is 8.95 Å². The van der Waals surface area contributed by atoms with E-state index in [1.54, 1.807) is 13.2 Å². The monoisotopic (exact) mass is 308 g/mol. The van der Waals surface area contributed by atoms with Crippen LogP contribution in [0, 0.1) is 9.39 Å². The Hall–Kier alpha value is -0.360. The van der Waals surface area contributed by atoms with Gasteiger partial charge in [-0.05, 0) is 34.7 Å². The summed E-state index contributed by atoms with van der Waals surface area (Å²) in [5.74, 6) is 0.407. The molecule has 0 atom stereocenters. The van der Waals surface area contributed by atoms with E-state index >= 15 is 0 Å². The molecule has 0 spiro atoms. The Kier molecular flexibility index (Phi) is 2.42. The van der Waals surface area contributed by atoms with Gasteiger partial charge in [-0.3, -0.25) is 0 Å². The second kappa shape index (κ2) is 3.42. The Morgan fingerprint density at radius 1 is 1.46 bits per heavy atom. The largest absolute Gasteiger partial charge is 0.495 e.